The molecule has 0 aromatic rings. The third kappa shape index (κ3) is 4.46. The smallest absolute Gasteiger partial charge is 0.315 e. The molecule has 0 saturated heterocycles. The van der Waals surface area contributed by atoms with Crippen LogP contribution in [0.3, 0.4) is 0 Å². The zero-order chi connectivity index (χ0) is 10.6. The molecule has 4 N–H and O–H groups in total. The van der Waals surface area contributed by atoms with E-state index in [-0.39, 0.29) is 12.1 Å². The number of rotatable bonds is 5. The molecule has 1 atom stereocenters. The van der Waals surface area contributed by atoms with E-state index < -0.39 is 0 Å². The van der Waals surface area contributed by atoms with Crippen LogP contribution in [0, 0.1) is 5.92 Å². The zero-order valence-electron chi connectivity index (χ0n) is 9.05. The Morgan fingerprint density at radius 3 is 2.57 bits per heavy atom. The second-order valence-electron chi connectivity index (χ2n) is 4.45. The molecule has 1 saturated carbocycles. The van der Waals surface area contributed by atoms with Crippen molar-refractivity contribution in [3.05, 3.63) is 0 Å². The average molecular weight is 199 g/mol. The van der Waals surface area contributed by atoms with Crippen LogP contribution in [0.25, 0.3) is 0 Å². The molecule has 4 heteroatoms. The van der Waals surface area contributed by atoms with Gasteiger partial charge in [0, 0.05) is 18.6 Å². The summed E-state index contributed by atoms with van der Waals surface area (Å²) in [5, 5.41) is 5.78. The summed E-state index contributed by atoms with van der Waals surface area (Å²) in [6.45, 7) is 4.77. The minimum Gasteiger partial charge on any atom is -0.335 e. The second-order valence-corrected chi connectivity index (χ2v) is 4.45. The molecule has 0 spiro atoms. The highest BCUT2D eigenvalue weighted by atomic mass is 16.2. The van der Waals surface area contributed by atoms with Crippen molar-refractivity contribution in [3.8, 4) is 0 Å². The lowest BCUT2D eigenvalue weighted by Gasteiger charge is -2.18. The van der Waals surface area contributed by atoms with E-state index in [4.69, 9.17) is 5.73 Å². The number of hydrogen-bond acceptors (Lipinski definition) is 2. The van der Waals surface area contributed by atoms with E-state index in [1.807, 2.05) is 0 Å². The molecule has 0 bridgehead atoms. The first kappa shape index (κ1) is 11.3. The van der Waals surface area contributed by atoms with E-state index in [0.29, 0.717) is 18.5 Å². The number of nitrogens with one attached hydrogen (secondary N) is 2. The van der Waals surface area contributed by atoms with Gasteiger partial charge in [0.1, 0.15) is 0 Å². The third-order valence-electron chi connectivity index (χ3n) is 2.29. The lowest BCUT2D eigenvalue weighted by Crippen LogP contribution is -2.46. The molecule has 0 aromatic heterocycles. The van der Waals surface area contributed by atoms with E-state index in [9.17, 15) is 4.79 Å². The van der Waals surface area contributed by atoms with Gasteiger partial charge in [0.05, 0.1) is 0 Å². The number of carbonyl (C=O) groups is 1. The minimum atomic E-state index is -0.0661. The Kier molecular flexibility index (Phi) is 4.20. The van der Waals surface area contributed by atoms with E-state index >= 15 is 0 Å². The molecular weight excluding hydrogens is 178 g/mol. The number of nitrogens with two attached hydrogens (primary N) is 1. The average Bonchev–Trinajstić information content (AvgIpc) is 2.86. The molecule has 14 heavy (non-hydrogen) atoms. The normalized spacial score (nSPS) is 18.0. The van der Waals surface area contributed by atoms with Gasteiger partial charge < -0.3 is 16.4 Å². The van der Waals surface area contributed by atoms with Crippen LogP contribution in [0.4, 0.5) is 4.79 Å². The Morgan fingerprint density at radius 2 is 2.14 bits per heavy atom. The predicted octanol–water partition coefficient (Wildman–Crippen LogP) is 0.821. The van der Waals surface area contributed by atoms with Crippen LogP contribution in [0.2, 0.25) is 0 Å². The Hall–Kier alpha value is -0.770. The molecular formula is C10H21N3O. The lowest BCUT2D eigenvalue weighted by atomic mass is 10.0. The number of carbonyl (C=O) groups excluding carboxylic acids is 1. The van der Waals surface area contributed by atoms with Crippen molar-refractivity contribution in [1.29, 1.82) is 0 Å². The first-order valence-corrected chi connectivity index (χ1v) is 5.39. The SMILES string of the molecule is CC(C)CC(CN)NC(=O)NC1CC1. The summed E-state index contributed by atoms with van der Waals surface area (Å²) in [5.41, 5.74) is 5.57. The zero-order valence-corrected chi connectivity index (χ0v) is 9.05. The molecule has 0 aromatic carbocycles. The Labute approximate surface area is 85.6 Å². The number of hydrogen-bond donors (Lipinski definition) is 3. The molecule has 1 rings (SSSR count). The van der Waals surface area contributed by atoms with Crippen molar-refractivity contribution in [2.75, 3.05) is 6.54 Å². The fourth-order valence-corrected chi connectivity index (χ4v) is 1.42. The first-order valence-electron chi connectivity index (χ1n) is 5.39. The highest BCUT2D eigenvalue weighted by Crippen LogP contribution is 2.18. The molecule has 0 radical (unpaired) electrons. The molecule has 1 aliphatic rings. The standard InChI is InChI=1S/C10H21N3O/c1-7(2)5-9(6-11)13-10(14)12-8-3-4-8/h7-9H,3-6,11H2,1-2H3,(H2,12,13,14). The van der Waals surface area contributed by atoms with Crippen LogP contribution in [0.1, 0.15) is 33.1 Å². The Morgan fingerprint density at radius 1 is 1.50 bits per heavy atom. The summed E-state index contributed by atoms with van der Waals surface area (Å²) in [7, 11) is 0. The van der Waals surface area contributed by atoms with Gasteiger partial charge in [-0.1, -0.05) is 13.8 Å². The Balaban J connectivity index is 2.19. The van der Waals surface area contributed by atoms with Gasteiger partial charge in [-0.15, -0.1) is 0 Å². The largest absolute Gasteiger partial charge is 0.335 e. The number of amides is 2. The monoisotopic (exact) mass is 199 g/mol. The second kappa shape index (κ2) is 5.20. The molecule has 82 valence electrons. The topological polar surface area (TPSA) is 67.1 Å². The van der Waals surface area contributed by atoms with Crippen LogP contribution in [0.5, 0.6) is 0 Å². The minimum absolute atomic E-state index is 0.0661. The van der Waals surface area contributed by atoms with Crippen molar-refractivity contribution < 1.29 is 4.79 Å². The van der Waals surface area contributed by atoms with E-state index in [1.54, 1.807) is 0 Å². The maximum atomic E-state index is 11.4. The summed E-state index contributed by atoms with van der Waals surface area (Å²) in [4.78, 5) is 11.4. The first-order chi connectivity index (χ1) is 6.61. The van der Waals surface area contributed by atoms with Gasteiger partial charge in [0.2, 0.25) is 0 Å². The molecule has 1 aliphatic carbocycles. The van der Waals surface area contributed by atoms with Crippen molar-refractivity contribution >= 4 is 6.03 Å². The predicted molar refractivity (Wildman–Crippen MR) is 57.0 cm³/mol. The molecule has 1 unspecified atom stereocenters. The summed E-state index contributed by atoms with van der Waals surface area (Å²) >= 11 is 0. The third-order valence-corrected chi connectivity index (χ3v) is 2.29. The molecule has 0 heterocycles. The fraction of sp³-hybridized carbons (Fsp3) is 0.900. The van der Waals surface area contributed by atoms with Gasteiger partial charge in [-0.2, -0.15) is 0 Å². The van der Waals surface area contributed by atoms with Crippen molar-refractivity contribution in [1.82, 2.24) is 10.6 Å². The quantitative estimate of drug-likeness (QED) is 0.613. The highest BCUT2D eigenvalue weighted by Gasteiger charge is 2.24. The van der Waals surface area contributed by atoms with Gasteiger partial charge in [0.15, 0.2) is 0 Å². The van der Waals surface area contributed by atoms with Crippen LogP contribution >= 0.6 is 0 Å². The maximum Gasteiger partial charge on any atom is 0.315 e. The van der Waals surface area contributed by atoms with E-state index in [1.165, 1.54) is 0 Å². The van der Waals surface area contributed by atoms with Crippen molar-refractivity contribution in [3.63, 3.8) is 0 Å². The van der Waals surface area contributed by atoms with Crippen LogP contribution in [-0.2, 0) is 0 Å². The van der Waals surface area contributed by atoms with Gasteiger partial charge in [-0.25, -0.2) is 4.79 Å². The summed E-state index contributed by atoms with van der Waals surface area (Å²) in [6, 6.07) is 0.449. The van der Waals surface area contributed by atoms with Crippen molar-refractivity contribution in [2.45, 2.75) is 45.2 Å². The fourth-order valence-electron chi connectivity index (χ4n) is 1.42. The molecule has 1 fully saturated rings. The van der Waals surface area contributed by atoms with Crippen LogP contribution in [-0.4, -0.2) is 24.7 Å². The van der Waals surface area contributed by atoms with Crippen LogP contribution < -0.4 is 16.4 Å². The van der Waals surface area contributed by atoms with Gasteiger partial charge in [-0.05, 0) is 25.2 Å². The maximum absolute atomic E-state index is 11.4. The lowest BCUT2D eigenvalue weighted by molar-refractivity contribution is 0.235. The number of urea groups is 1. The van der Waals surface area contributed by atoms with Gasteiger partial charge >= 0.3 is 6.03 Å². The Bertz CT molecular complexity index is 190. The highest BCUT2D eigenvalue weighted by molar-refractivity contribution is 5.74. The summed E-state index contributed by atoms with van der Waals surface area (Å²) in [5.74, 6) is 0.560. The summed E-state index contributed by atoms with van der Waals surface area (Å²) < 4.78 is 0. The van der Waals surface area contributed by atoms with Crippen molar-refractivity contribution in [2.24, 2.45) is 11.7 Å². The summed E-state index contributed by atoms with van der Waals surface area (Å²) in [6.07, 6.45) is 3.17. The van der Waals surface area contributed by atoms with Gasteiger partial charge in [-0.3, -0.25) is 0 Å². The molecule has 0 aliphatic heterocycles. The molecule has 4 nitrogen and oxygen atoms in total. The van der Waals surface area contributed by atoms with Gasteiger partial charge in [0.25, 0.3) is 0 Å². The van der Waals surface area contributed by atoms with Crippen LogP contribution in [0.15, 0.2) is 0 Å². The molecule has 2 amide bonds. The van der Waals surface area contributed by atoms with E-state index in [2.05, 4.69) is 24.5 Å². The van der Waals surface area contributed by atoms with E-state index in [0.717, 1.165) is 19.3 Å².